The summed E-state index contributed by atoms with van der Waals surface area (Å²) in [4.78, 5) is 2.46. The normalized spacial score (nSPS) is 13.4. The third-order valence-corrected chi connectivity index (χ3v) is 2.72. The van der Waals surface area contributed by atoms with E-state index in [0.29, 0.717) is 6.04 Å². The van der Waals surface area contributed by atoms with Gasteiger partial charge in [-0.05, 0) is 32.5 Å². The number of rotatable bonds is 10. The van der Waals surface area contributed by atoms with Crippen molar-refractivity contribution in [3.63, 3.8) is 0 Å². The van der Waals surface area contributed by atoms with E-state index in [1.54, 1.807) is 0 Å². The minimum absolute atomic E-state index is 0.281. The van der Waals surface area contributed by atoms with Crippen LogP contribution in [-0.4, -0.2) is 48.8 Å². The fourth-order valence-corrected chi connectivity index (χ4v) is 1.77. The number of nitrogens with zero attached hydrogens (tertiary/aromatic N) is 1. The Balaban J connectivity index is 3.85. The molecule has 0 amide bonds. The topological polar surface area (TPSA) is 35.5 Å². The van der Waals surface area contributed by atoms with Crippen molar-refractivity contribution in [2.45, 2.75) is 46.1 Å². The van der Waals surface area contributed by atoms with Gasteiger partial charge < -0.3 is 15.3 Å². The molecule has 0 spiro atoms. The number of hydrogen-bond donors (Lipinski definition) is 2. The summed E-state index contributed by atoms with van der Waals surface area (Å²) in [5.41, 5.74) is 0. The van der Waals surface area contributed by atoms with Crippen molar-refractivity contribution in [3.8, 4) is 0 Å². The first kappa shape index (κ1) is 14.9. The van der Waals surface area contributed by atoms with Crippen LogP contribution in [0.1, 0.15) is 40.0 Å². The second kappa shape index (κ2) is 10.4. The molecule has 3 heteroatoms. The molecule has 3 nitrogen and oxygen atoms in total. The molecule has 0 bridgehead atoms. The molecule has 0 aliphatic heterocycles. The maximum absolute atomic E-state index is 8.97. The predicted molar refractivity (Wildman–Crippen MR) is 66.2 cm³/mol. The van der Waals surface area contributed by atoms with Gasteiger partial charge in [-0.1, -0.05) is 27.2 Å². The molecule has 0 rings (SSSR count). The molecule has 1 atom stereocenters. The summed E-state index contributed by atoms with van der Waals surface area (Å²) in [6.45, 7) is 11.2. The van der Waals surface area contributed by atoms with E-state index in [1.165, 1.54) is 19.4 Å². The number of aliphatic hydroxyl groups excluding tert-OH is 1. The Kier molecular flexibility index (Phi) is 10.3. The zero-order valence-electron chi connectivity index (χ0n) is 10.6. The van der Waals surface area contributed by atoms with E-state index in [9.17, 15) is 0 Å². The van der Waals surface area contributed by atoms with Crippen LogP contribution in [0.25, 0.3) is 0 Å². The first-order chi connectivity index (χ1) is 7.28. The Bertz CT molecular complexity index is 125. The molecule has 0 saturated heterocycles. The van der Waals surface area contributed by atoms with Crippen LogP contribution in [-0.2, 0) is 0 Å². The highest BCUT2D eigenvalue weighted by Gasteiger charge is 2.10. The van der Waals surface area contributed by atoms with Crippen LogP contribution >= 0.6 is 0 Å². The van der Waals surface area contributed by atoms with Crippen LogP contribution < -0.4 is 5.32 Å². The van der Waals surface area contributed by atoms with E-state index in [0.717, 1.165) is 26.1 Å². The van der Waals surface area contributed by atoms with Crippen LogP contribution in [0.4, 0.5) is 0 Å². The first-order valence-corrected chi connectivity index (χ1v) is 6.34. The summed E-state index contributed by atoms with van der Waals surface area (Å²) in [5.74, 6) is 0. The maximum atomic E-state index is 8.97. The van der Waals surface area contributed by atoms with Gasteiger partial charge in [0.25, 0.3) is 0 Å². The SMILES string of the molecule is CCCCN(CC)CC(CCO)NCC. The third kappa shape index (κ3) is 7.77. The largest absolute Gasteiger partial charge is 0.396 e. The molecule has 0 aliphatic rings. The highest BCUT2D eigenvalue weighted by atomic mass is 16.3. The molecule has 0 aliphatic carbocycles. The standard InChI is InChI=1S/C12H28N2O/c1-4-7-9-14(6-3)11-12(8-10-15)13-5-2/h12-13,15H,4-11H2,1-3H3. The van der Waals surface area contributed by atoms with Crippen molar-refractivity contribution in [2.24, 2.45) is 0 Å². The van der Waals surface area contributed by atoms with Gasteiger partial charge in [0.05, 0.1) is 0 Å². The summed E-state index contributed by atoms with van der Waals surface area (Å²) < 4.78 is 0. The average Bonchev–Trinajstić information content (AvgIpc) is 2.24. The van der Waals surface area contributed by atoms with Crippen LogP contribution in [0.5, 0.6) is 0 Å². The minimum Gasteiger partial charge on any atom is -0.396 e. The smallest absolute Gasteiger partial charge is 0.0446 e. The van der Waals surface area contributed by atoms with Crippen LogP contribution in [0.2, 0.25) is 0 Å². The summed E-state index contributed by atoms with van der Waals surface area (Å²) in [6, 6.07) is 0.441. The van der Waals surface area contributed by atoms with Gasteiger partial charge in [-0.2, -0.15) is 0 Å². The van der Waals surface area contributed by atoms with Crippen LogP contribution in [0.15, 0.2) is 0 Å². The van der Waals surface area contributed by atoms with Crippen LogP contribution in [0.3, 0.4) is 0 Å². The highest BCUT2D eigenvalue weighted by Crippen LogP contribution is 2.00. The van der Waals surface area contributed by atoms with Gasteiger partial charge in [0.15, 0.2) is 0 Å². The minimum atomic E-state index is 0.281. The Morgan fingerprint density at radius 3 is 2.47 bits per heavy atom. The molecular weight excluding hydrogens is 188 g/mol. The van der Waals surface area contributed by atoms with Crippen molar-refractivity contribution < 1.29 is 5.11 Å². The lowest BCUT2D eigenvalue weighted by atomic mass is 10.2. The van der Waals surface area contributed by atoms with Gasteiger partial charge in [0, 0.05) is 19.2 Å². The Morgan fingerprint density at radius 1 is 1.27 bits per heavy atom. The van der Waals surface area contributed by atoms with E-state index >= 15 is 0 Å². The van der Waals surface area contributed by atoms with Gasteiger partial charge in [-0.15, -0.1) is 0 Å². The molecule has 0 heterocycles. The van der Waals surface area contributed by atoms with Crippen LogP contribution in [0, 0.1) is 0 Å². The molecule has 0 aromatic heterocycles. The summed E-state index contributed by atoms with van der Waals surface area (Å²) in [6.07, 6.45) is 3.38. The fraction of sp³-hybridized carbons (Fsp3) is 1.00. The van der Waals surface area contributed by atoms with Crippen molar-refractivity contribution in [3.05, 3.63) is 0 Å². The van der Waals surface area contributed by atoms with E-state index < -0.39 is 0 Å². The summed E-state index contributed by atoms with van der Waals surface area (Å²) in [7, 11) is 0. The van der Waals surface area contributed by atoms with Gasteiger partial charge in [-0.25, -0.2) is 0 Å². The Morgan fingerprint density at radius 2 is 2.00 bits per heavy atom. The highest BCUT2D eigenvalue weighted by molar-refractivity contribution is 4.70. The monoisotopic (exact) mass is 216 g/mol. The number of nitrogens with one attached hydrogen (secondary N) is 1. The lowest BCUT2D eigenvalue weighted by molar-refractivity contribution is 0.212. The molecule has 2 N–H and O–H groups in total. The lowest BCUT2D eigenvalue weighted by Gasteiger charge is -2.26. The first-order valence-electron chi connectivity index (χ1n) is 6.34. The van der Waals surface area contributed by atoms with Gasteiger partial charge in [0.1, 0.15) is 0 Å². The van der Waals surface area contributed by atoms with E-state index in [4.69, 9.17) is 5.11 Å². The maximum Gasteiger partial charge on any atom is 0.0446 e. The number of hydrogen-bond acceptors (Lipinski definition) is 3. The molecule has 1 unspecified atom stereocenters. The van der Waals surface area contributed by atoms with Crippen molar-refractivity contribution in [1.29, 1.82) is 0 Å². The Labute approximate surface area is 94.9 Å². The molecule has 0 aromatic carbocycles. The molecule has 0 aromatic rings. The van der Waals surface area contributed by atoms with Crippen molar-refractivity contribution >= 4 is 0 Å². The zero-order chi connectivity index (χ0) is 11.5. The zero-order valence-corrected chi connectivity index (χ0v) is 10.6. The fourth-order valence-electron chi connectivity index (χ4n) is 1.77. The second-order valence-electron chi connectivity index (χ2n) is 4.01. The van der Waals surface area contributed by atoms with E-state index in [1.807, 2.05) is 0 Å². The second-order valence-corrected chi connectivity index (χ2v) is 4.01. The summed E-state index contributed by atoms with van der Waals surface area (Å²) in [5, 5.41) is 12.4. The number of likely N-dealkylation sites (N-methyl/N-ethyl adjacent to an activating group) is 2. The van der Waals surface area contributed by atoms with Gasteiger partial charge in [0.2, 0.25) is 0 Å². The lowest BCUT2D eigenvalue weighted by Crippen LogP contribution is -2.42. The molecule has 0 radical (unpaired) electrons. The third-order valence-electron chi connectivity index (χ3n) is 2.72. The van der Waals surface area contributed by atoms with E-state index in [2.05, 4.69) is 31.0 Å². The summed E-state index contributed by atoms with van der Waals surface area (Å²) >= 11 is 0. The number of unbranched alkanes of at least 4 members (excludes halogenated alkanes) is 1. The molecule has 0 fully saturated rings. The van der Waals surface area contributed by atoms with Crippen molar-refractivity contribution in [2.75, 3.05) is 32.8 Å². The number of aliphatic hydroxyl groups is 1. The molecule has 92 valence electrons. The quantitative estimate of drug-likeness (QED) is 0.580. The predicted octanol–water partition coefficient (Wildman–Crippen LogP) is 1.47. The van der Waals surface area contributed by atoms with Crippen molar-refractivity contribution in [1.82, 2.24) is 10.2 Å². The average molecular weight is 216 g/mol. The van der Waals surface area contributed by atoms with Gasteiger partial charge >= 0.3 is 0 Å². The molecule has 15 heavy (non-hydrogen) atoms. The molecular formula is C12H28N2O. The van der Waals surface area contributed by atoms with E-state index in [-0.39, 0.29) is 6.61 Å². The molecule has 0 saturated carbocycles. The Hall–Kier alpha value is -0.120. The van der Waals surface area contributed by atoms with Gasteiger partial charge in [-0.3, -0.25) is 0 Å².